The number of rotatable bonds is 3. The Balaban J connectivity index is 1.65. The monoisotopic (exact) mass is 310 g/mol. The van der Waals surface area contributed by atoms with Gasteiger partial charge in [0.1, 0.15) is 0 Å². The van der Waals surface area contributed by atoms with Gasteiger partial charge in [-0.25, -0.2) is 4.79 Å². The molecule has 118 valence electrons. The minimum absolute atomic E-state index is 0.214. The average Bonchev–Trinajstić information content (AvgIpc) is 2.59. The van der Waals surface area contributed by atoms with Gasteiger partial charge >= 0.3 is 5.97 Å². The number of nitrogens with two attached hydrogens (primary N) is 1. The number of aryl methyl sites for hydroxylation is 1. The quantitative estimate of drug-likeness (QED) is 0.698. The second kappa shape index (κ2) is 6.52. The summed E-state index contributed by atoms with van der Waals surface area (Å²) in [6.07, 6.45) is 1.87. The molecule has 2 N–H and O–H groups in total. The molecule has 0 bridgehead atoms. The Bertz CT molecular complexity index is 743. The first kappa shape index (κ1) is 15.1. The number of anilines is 2. The number of para-hydroxylation sites is 1. The molecule has 0 radical (unpaired) electrons. The van der Waals surface area contributed by atoms with Crippen LogP contribution in [-0.2, 0) is 16.0 Å². The van der Waals surface area contributed by atoms with Crippen LogP contribution < -0.4 is 10.6 Å². The molecule has 0 spiro atoms. The summed E-state index contributed by atoms with van der Waals surface area (Å²) in [6, 6.07) is 14.3. The van der Waals surface area contributed by atoms with Crippen LogP contribution in [0.1, 0.15) is 22.3 Å². The standard InChI is InChI=1S/C18H18N2O3/c19-15-8-3-6-14(11-15)18(22)23-12-17(21)20-10-4-7-13-5-1-2-9-16(13)20/h1-3,5-6,8-9,11H,4,7,10,12,19H2. The maximum atomic E-state index is 12.4. The number of carbonyl (C=O) groups is 2. The third-order valence-electron chi connectivity index (χ3n) is 3.86. The van der Waals surface area contributed by atoms with Crippen molar-refractivity contribution in [3.05, 3.63) is 59.7 Å². The molecular formula is C18H18N2O3. The van der Waals surface area contributed by atoms with Crippen LogP contribution >= 0.6 is 0 Å². The summed E-state index contributed by atoms with van der Waals surface area (Å²) in [5.41, 5.74) is 8.52. The zero-order valence-corrected chi connectivity index (χ0v) is 12.7. The maximum Gasteiger partial charge on any atom is 0.338 e. The number of nitrogen functional groups attached to an aromatic ring is 1. The van der Waals surface area contributed by atoms with E-state index in [2.05, 4.69) is 0 Å². The molecule has 2 aromatic carbocycles. The van der Waals surface area contributed by atoms with Crippen molar-refractivity contribution in [3.8, 4) is 0 Å². The molecule has 2 aromatic rings. The van der Waals surface area contributed by atoms with Crippen molar-refractivity contribution < 1.29 is 14.3 Å². The maximum absolute atomic E-state index is 12.4. The first-order valence-corrected chi connectivity index (χ1v) is 7.56. The van der Waals surface area contributed by atoms with E-state index in [0.717, 1.165) is 24.1 Å². The van der Waals surface area contributed by atoms with Crippen LogP contribution in [0.5, 0.6) is 0 Å². The third-order valence-corrected chi connectivity index (χ3v) is 3.86. The lowest BCUT2D eigenvalue weighted by Gasteiger charge is -2.29. The summed E-state index contributed by atoms with van der Waals surface area (Å²) in [6.45, 7) is 0.369. The highest BCUT2D eigenvalue weighted by atomic mass is 16.5. The summed E-state index contributed by atoms with van der Waals surface area (Å²) in [5.74, 6) is -0.759. The van der Waals surface area contributed by atoms with Crippen LogP contribution in [0.25, 0.3) is 0 Å². The minimum atomic E-state index is -0.545. The van der Waals surface area contributed by atoms with Gasteiger partial charge in [-0.2, -0.15) is 0 Å². The Kier molecular flexibility index (Phi) is 4.28. The number of amides is 1. The lowest BCUT2D eigenvalue weighted by molar-refractivity contribution is -0.121. The molecule has 1 aliphatic rings. The topological polar surface area (TPSA) is 72.6 Å². The van der Waals surface area contributed by atoms with Crippen LogP contribution in [0.3, 0.4) is 0 Å². The fraction of sp³-hybridized carbons (Fsp3) is 0.222. The van der Waals surface area contributed by atoms with Crippen LogP contribution in [0.2, 0.25) is 0 Å². The van der Waals surface area contributed by atoms with Crippen molar-refractivity contribution in [1.82, 2.24) is 0 Å². The first-order chi connectivity index (χ1) is 11.1. The van der Waals surface area contributed by atoms with Crippen molar-refractivity contribution in [2.45, 2.75) is 12.8 Å². The molecule has 1 aliphatic heterocycles. The number of carbonyl (C=O) groups excluding carboxylic acids is 2. The fourth-order valence-corrected chi connectivity index (χ4v) is 2.75. The molecular weight excluding hydrogens is 292 g/mol. The molecule has 3 rings (SSSR count). The Morgan fingerprint density at radius 3 is 2.78 bits per heavy atom. The molecule has 0 fully saturated rings. The van der Waals surface area contributed by atoms with Gasteiger partial charge in [-0.1, -0.05) is 24.3 Å². The van der Waals surface area contributed by atoms with E-state index in [1.54, 1.807) is 23.1 Å². The highest BCUT2D eigenvalue weighted by Gasteiger charge is 2.23. The molecule has 0 unspecified atom stereocenters. The molecule has 1 amide bonds. The van der Waals surface area contributed by atoms with Crippen molar-refractivity contribution in [1.29, 1.82) is 0 Å². The van der Waals surface area contributed by atoms with E-state index in [9.17, 15) is 9.59 Å². The number of esters is 1. The van der Waals surface area contributed by atoms with Gasteiger partial charge in [-0.15, -0.1) is 0 Å². The van der Waals surface area contributed by atoms with E-state index in [1.807, 2.05) is 24.3 Å². The highest BCUT2D eigenvalue weighted by molar-refractivity contribution is 5.98. The molecule has 0 aliphatic carbocycles. The van der Waals surface area contributed by atoms with Crippen molar-refractivity contribution >= 4 is 23.3 Å². The number of nitrogens with zero attached hydrogens (tertiary/aromatic N) is 1. The highest BCUT2D eigenvalue weighted by Crippen LogP contribution is 2.26. The molecule has 23 heavy (non-hydrogen) atoms. The van der Waals surface area contributed by atoms with Gasteiger partial charge in [0.25, 0.3) is 5.91 Å². The van der Waals surface area contributed by atoms with Crippen molar-refractivity contribution in [3.63, 3.8) is 0 Å². The number of hydrogen-bond acceptors (Lipinski definition) is 4. The molecule has 5 heteroatoms. The summed E-state index contributed by atoms with van der Waals surface area (Å²) in [5, 5.41) is 0. The predicted molar refractivity (Wildman–Crippen MR) is 88.3 cm³/mol. The van der Waals surface area contributed by atoms with E-state index in [-0.39, 0.29) is 12.5 Å². The summed E-state index contributed by atoms with van der Waals surface area (Å²) >= 11 is 0. The van der Waals surface area contributed by atoms with Gasteiger partial charge in [-0.3, -0.25) is 4.79 Å². The van der Waals surface area contributed by atoms with Crippen molar-refractivity contribution in [2.75, 3.05) is 23.8 Å². The minimum Gasteiger partial charge on any atom is -0.452 e. The van der Waals surface area contributed by atoms with Gasteiger partial charge in [0.15, 0.2) is 6.61 Å². The number of ether oxygens (including phenoxy) is 1. The zero-order chi connectivity index (χ0) is 16.2. The molecule has 1 heterocycles. The Morgan fingerprint density at radius 2 is 1.96 bits per heavy atom. The van der Waals surface area contributed by atoms with Crippen LogP contribution in [0, 0.1) is 0 Å². The number of fused-ring (bicyclic) bond motifs is 1. The SMILES string of the molecule is Nc1cccc(C(=O)OCC(=O)N2CCCc3ccccc32)c1. The summed E-state index contributed by atoms with van der Waals surface area (Å²) in [7, 11) is 0. The van der Waals surface area contributed by atoms with Gasteiger partial charge in [-0.05, 0) is 42.7 Å². The van der Waals surface area contributed by atoms with Crippen LogP contribution in [-0.4, -0.2) is 25.0 Å². The van der Waals surface area contributed by atoms with E-state index < -0.39 is 5.97 Å². The largest absolute Gasteiger partial charge is 0.452 e. The average molecular weight is 310 g/mol. The lowest BCUT2D eigenvalue weighted by Crippen LogP contribution is -2.38. The van der Waals surface area contributed by atoms with E-state index in [1.165, 1.54) is 6.07 Å². The normalized spacial score (nSPS) is 13.3. The smallest absolute Gasteiger partial charge is 0.338 e. The van der Waals surface area contributed by atoms with Crippen LogP contribution in [0.15, 0.2) is 48.5 Å². The zero-order valence-electron chi connectivity index (χ0n) is 12.7. The van der Waals surface area contributed by atoms with E-state index >= 15 is 0 Å². The number of hydrogen-bond donors (Lipinski definition) is 1. The molecule has 0 saturated heterocycles. The Labute approximate surface area is 134 Å². The number of benzene rings is 2. The second-order valence-electron chi connectivity index (χ2n) is 5.48. The predicted octanol–water partition coefficient (Wildman–Crippen LogP) is 2.41. The Morgan fingerprint density at radius 1 is 1.13 bits per heavy atom. The molecule has 5 nitrogen and oxygen atoms in total. The van der Waals surface area contributed by atoms with E-state index in [4.69, 9.17) is 10.5 Å². The third kappa shape index (κ3) is 3.34. The van der Waals surface area contributed by atoms with E-state index in [0.29, 0.717) is 17.8 Å². The molecule has 0 saturated carbocycles. The van der Waals surface area contributed by atoms with Gasteiger partial charge in [0.2, 0.25) is 0 Å². The van der Waals surface area contributed by atoms with Gasteiger partial charge in [0.05, 0.1) is 5.56 Å². The Hall–Kier alpha value is -2.82. The summed E-state index contributed by atoms with van der Waals surface area (Å²) < 4.78 is 5.13. The first-order valence-electron chi connectivity index (χ1n) is 7.56. The van der Waals surface area contributed by atoms with Gasteiger partial charge in [0, 0.05) is 17.9 Å². The van der Waals surface area contributed by atoms with Crippen molar-refractivity contribution in [2.24, 2.45) is 0 Å². The second-order valence-corrected chi connectivity index (χ2v) is 5.48. The fourth-order valence-electron chi connectivity index (χ4n) is 2.75. The molecule has 0 aromatic heterocycles. The van der Waals surface area contributed by atoms with Gasteiger partial charge < -0.3 is 15.4 Å². The van der Waals surface area contributed by atoms with Crippen LogP contribution in [0.4, 0.5) is 11.4 Å². The summed E-state index contributed by atoms with van der Waals surface area (Å²) in [4.78, 5) is 26.1. The lowest BCUT2D eigenvalue weighted by atomic mass is 10.0. The molecule has 0 atom stereocenters.